The Hall–Kier alpha value is -3.14. The molecule has 0 saturated heterocycles. The Morgan fingerprint density at radius 2 is 1.25 bits per heavy atom. The fraction of sp³-hybridized carbons (Fsp3) is 0.100. The van der Waals surface area contributed by atoms with E-state index in [1.807, 2.05) is 24.3 Å². The number of benzene rings is 3. The van der Waals surface area contributed by atoms with Crippen LogP contribution in [0, 0.1) is 0 Å². The molecular formula is C20H18O4. The number of aromatic hydroxyl groups is 3. The molecule has 0 aliphatic carbocycles. The molecule has 0 aliphatic heterocycles. The molecule has 4 nitrogen and oxygen atoms in total. The maximum Gasteiger partial charge on any atom is 0.120 e. The smallest absolute Gasteiger partial charge is 0.120 e. The summed E-state index contributed by atoms with van der Waals surface area (Å²) in [5.74, 6) is 1.32. The van der Waals surface area contributed by atoms with Gasteiger partial charge in [0.25, 0.3) is 0 Å². The van der Waals surface area contributed by atoms with E-state index < -0.39 is 0 Å². The largest absolute Gasteiger partial charge is 0.508 e. The van der Waals surface area contributed by atoms with Gasteiger partial charge in [-0.15, -0.1) is 0 Å². The van der Waals surface area contributed by atoms with Crippen molar-refractivity contribution in [2.24, 2.45) is 0 Å². The Bertz CT molecular complexity index is 808. The molecule has 0 aromatic heterocycles. The average molecular weight is 322 g/mol. The Morgan fingerprint density at radius 1 is 0.667 bits per heavy atom. The molecule has 3 rings (SSSR count). The molecule has 0 saturated carbocycles. The number of ether oxygens (including phenoxy) is 1. The summed E-state index contributed by atoms with van der Waals surface area (Å²) in [6.07, 6.45) is 0.569. The van der Waals surface area contributed by atoms with E-state index in [9.17, 15) is 15.3 Å². The van der Waals surface area contributed by atoms with Crippen LogP contribution in [0.5, 0.6) is 23.0 Å². The van der Waals surface area contributed by atoms with Crippen molar-refractivity contribution >= 4 is 0 Å². The number of hydrogen-bond acceptors (Lipinski definition) is 4. The first-order valence-electron chi connectivity index (χ1n) is 7.61. The first-order valence-corrected chi connectivity index (χ1v) is 7.61. The Morgan fingerprint density at radius 3 is 1.92 bits per heavy atom. The van der Waals surface area contributed by atoms with Crippen molar-refractivity contribution < 1.29 is 20.1 Å². The highest BCUT2D eigenvalue weighted by atomic mass is 16.5. The van der Waals surface area contributed by atoms with Gasteiger partial charge >= 0.3 is 0 Å². The maximum atomic E-state index is 10.0. The lowest BCUT2D eigenvalue weighted by atomic mass is 10.0. The molecule has 3 aromatic rings. The van der Waals surface area contributed by atoms with Crippen LogP contribution in [0.3, 0.4) is 0 Å². The molecule has 0 heterocycles. The molecule has 3 aromatic carbocycles. The van der Waals surface area contributed by atoms with E-state index in [1.54, 1.807) is 42.5 Å². The van der Waals surface area contributed by atoms with Gasteiger partial charge in [0.2, 0.25) is 0 Å². The minimum absolute atomic E-state index is 0.197. The summed E-state index contributed by atoms with van der Waals surface area (Å²) in [6, 6.07) is 18.8. The minimum atomic E-state index is 0.197. The van der Waals surface area contributed by atoms with Crippen LogP contribution in [0.2, 0.25) is 0 Å². The van der Waals surface area contributed by atoms with Gasteiger partial charge in [-0.3, -0.25) is 0 Å². The lowest BCUT2D eigenvalue weighted by Gasteiger charge is -2.10. The quantitative estimate of drug-likeness (QED) is 0.665. The van der Waals surface area contributed by atoms with E-state index in [4.69, 9.17) is 4.74 Å². The van der Waals surface area contributed by atoms with Gasteiger partial charge in [0, 0.05) is 6.42 Å². The van der Waals surface area contributed by atoms with Crippen molar-refractivity contribution in [2.75, 3.05) is 0 Å². The molecule has 0 bridgehead atoms. The topological polar surface area (TPSA) is 69.9 Å². The van der Waals surface area contributed by atoms with Gasteiger partial charge in [0.05, 0.1) is 0 Å². The monoisotopic (exact) mass is 322 g/mol. The molecule has 0 unspecified atom stereocenters. The highest BCUT2D eigenvalue weighted by Crippen LogP contribution is 2.24. The summed E-state index contributed by atoms with van der Waals surface area (Å²) in [6.45, 7) is 0.369. The summed E-state index contributed by atoms with van der Waals surface area (Å²) in [5, 5.41) is 28.7. The predicted octanol–water partition coefficient (Wildman–Crippen LogP) is 3.97. The van der Waals surface area contributed by atoms with Crippen LogP contribution in [0.25, 0.3) is 0 Å². The number of hydrogen-bond donors (Lipinski definition) is 3. The van der Waals surface area contributed by atoms with Crippen molar-refractivity contribution in [1.82, 2.24) is 0 Å². The van der Waals surface area contributed by atoms with E-state index in [1.165, 1.54) is 0 Å². The fourth-order valence-corrected chi connectivity index (χ4v) is 2.41. The summed E-state index contributed by atoms with van der Waals surface area (Å²) in [7, 11) is 0. The van der Waals surface area contributed by atoms with Crippen molar-refractivity contribution in [3.63, 3.8) is 0 Å². The van der Waals surface area contributed by atoms with E-state index in [0.717, 1.165) is 16.7 Å². The first kappa shape index (κ1) is 15.7. The Labute approximate surface area is 140 Å². The maximum absolute atomic E-state index is 10.0. The normalized spacial score (nSPS) is 10.5. The summed E-state index contributed by atoms with van der Waals surface area (Å²) < 4.78 is 5.68. The third kappa shape index (κ3) is 3.98. The molecular weight excluding hydrogens is 304 g/mol. The van der Waals surface area contributed by atoms with Crippen LogP contribution >= 0.6 is 0 Å². The lowest BCUT2D eigenvalue weighted by Crippen LogP contribution is -1.97. The van der Waals surface area contributed by atoms with Gasteiger partial charge in [-0.25, -0.2) is 0 Å². The standard InChI is InChI=1S/C20H18O4/c21-17-4-1-14(2-5-17)11-16-12-15(3-10-20(16)23)13-24-19-8-6-18(22)7-9-19/h1-10,12,21-23H,11,13H2. The van der Waals surface area contributed by atoms with Crippen LogP contribution in [0.1, 0.15) is 16.7 Å². The molecule has 0 aliphatic rings. The van der Waals surface area contributed by atoms with Gasteiger partial charge in [0.1, 0.15) is 29.6 Å². The van der Waals surface area contributed by atoms with Crippen molar-refractivity contribution in [3.8, 4) is 23.0 Å². The van der Waals surface area contributed by atoms with E-state index in [-0.39, 0.29) is 17.2 Å². The van der Waals surface area contributed by atoms with Gasteiger partial charge in [-0.05, 0) is 65.2 Å². The number of phenolic OH excluding ortho intramolecular Hbond substituents is 3. The van der Waals surface area contributed by atoms with Crippen molar-refractivity contribution in [2.45, 2.75) is 13.0 Å². The second kappa shape index (κ2) is 6.96. The Balaban J connectivity index is 1.71. The van der Waals surface area contributed by atoms with E-state index in [2.05, 4.69) is 0 Å². The molecule has 4 heteroatoms. The second-order valence-electron chi connectivity index (χ2n) is 5.59. The van der Waals surface area contributed by atoms with Crippen LogP contribution in [0.4, 0.5) is 0 Å². The zero-order chi connectivity index (χ0) is 16.9. The summed E-state index contributed by atoms with van der Waals surface area (Å²) >= 11 is 0. The van der Waals surface area contributed by atoms with Crippen LogP contribution in [-0.4, -0.2) is 15.3 Å². The van der Waals surface area contributed by atoms with Gasteiger partial charge in [-0.2, -0.15) is 0 Å². The molecule has 0 radical (unpaired) electrons. The van der Waals surface area contributed by atoms with E-state index >= 15 is 0 Å². The Kier molecular flexibility index (Phi) is 4.57. The van der Waals surface area contributed by atoms with Gasteiger partial charge in [-0.1, -0.05) is 18.2 Å². The molecule has 0 amide bonds. The average Bonchev–Trinajstić information content (AvgIpc) is 2.59. The molecule has 0 atom stereocenters. The van der Waals surface area contributed by atoms with Crippen LogP contribution < -0.4 is 4.74 Å². The van der Waals surface area contributed by atoms with E-state index in [0.29, 0.717) is 18.8 Å². The molecule has 24 heavy (non-hydrogen) atoms. The van der Waals surface area contributed by atoms with Crippen molar-refractivity contribution in [1.29, 1.82) is 0 Å². The predicted molar refractivity (Wildman–Crippen MR) is 91.5 cm³/mol. The molecule has 0 spiro atoms. The zero-order valence-electron chi connectivity index (χ0n) is 13.0. The second-order valence-corrected chi connectivity index (χ2v) is 5.59. The van der Waals surface area contributed by atoms with Gasteiger partial charge in [0.15, 0.2) is 0 Å². The van der Waals surface area contributed by atoms with Crippen LogP contribution in [0.15, 0.2) is 66.7 Å². The third-order valence-corrected chi connectivity index (χ3v) is 3.72. The highest BCUT2D eigenvalue weighted by molar-refractivity contribution is 5.40. The number of phenols is 3. The lowest BCUT2D eigenvalue weighted by molar-refractivity contribution is 0.305. The van der Waals surface area contributed by atoms with Crippen LogP contribution in [-0.2, 0) is 13.0 Å². The van der Waals surface area contributed by atoms with Gasteiger partial charge < -0.3 is 20.1 Å². The SMILES string of the molecule is Oc1ccc(Cc2cc(COc3ccc(O)cc3)ccc2O)cc1. The minimum Gasteiger partial charge on any atom is -0.508 e. The molecule has 122 valence electrons. The number of rotatable bonds is 5. The third-order valence-electron chi connectivity index (χ3n) is 3.72. The summed E-state index contributed by atoms with van der Waals surface area (Å²) in [5.41, 5.74) is 2.74. The highest BCUT2D eigenvalue weighted by Gasteiger charge is 2.06. The zero-order valence-corrected chi connectivity index (χ0v) is 13.0. The fourth-order valence-electron chi connectivity index (χ4n) is 2.41. The first-order chi connectivity index (χ1) is 11.6. The molecule has 0 fully saturated rings. The van der Waals surface area contributed by atoms with Crippen molar-refractivity contribution in [3.05, 3.63) is 83.4 Å². The molecule has 3 N–H and O–H groups in total. The summed E-state index contributed by atoms with van der Waals surface area (Å²) in [4.78, 5) is 0.